The monoisotopic (exact) mass is 348 g/mol. The first-order valence-electron chi connectivity index (χ1n) is 9.09. The molecule has 2 heterocycles. The first kappa shape index (κ1) is 18.1. The van der Waals surface area contributed by atoms with Gasteiger partial charge in [0.25, 0.3) is 0 Å². The van der Waals surface area contributed by atoms with Gasteiger partial charge in [0.1, 0.15) is 5.60 Å². The van der Waals surface area contributed by atoms with E-state index in [1.54, 1.807) is 0 Å². The van der Waals surface area contributed by atoms with Crippen LogP contribution in [0.1, 0.15) is 52.7 Å². The molecule has 0 spiro atoms. The van der Waals surface area contributed by atoms with E-state index >= 15 is 0 Å². The fourth-order valence-corrected chi connectivity index (χ4v) is 4.17. The topological polar surface area (TPSA) is 65.0 Å². The molecule has 0 bridgehead atoms. The number of carbonyl (C=O) groups is 1. The van der Waals surface area contributed by atoms with Crippen molar-refractivity contribution in [2.45, 2.75) is 58.8 Å². The van der Waals surface area contributed by atoms with E-state index < -0.39 is 17.5 Å². The number of hydrogen-bond donors (Lipinski definition) is 1. The number of carboxylic acid groups (broad SMARTS) is 1. The molecule has 1 aromatic rings. The number of para-hydroxylation sites is 1. The number of carboxylic acids is 1. The van der Waals surface area contributed by atoms with Crippen molar-refractivity contribution in [2.24, 2.45) is 17.8 Å². The molecule has 1 fully saturated rings. The minimum atomic E-state index is -0.790. The van der Waals surface area contributed by atoms with Gasteiger partial charge in [-0.1, -0.05) is 26.0 Å². The van der Waals surface area contributed by atoms with Crippen molar-refractivity contribution >= 4 is 5.97 Å². The molecule has 3 rings (SSSR count). The van der Waals surface area contributed by atoms with Crippen LogP contribution in [0.4, 0.5) is 0 Å². The summed E-state index contributed by atoms with van der Waals surface area (Å²) in [4.78, 5) is 11.8. The van der Waals surface area contributed by atoms with Crippen LogP contribution in [-0.2, 0) is 9.53 Å². The van der Waals surface area contributed by atoms with Crippen LogP contribution < -0.4 is 9.47 Å². The molecule has 0 unspecified atom stereocenters. The van der Waals surface area contributed by atoms with Crippen molar-refractivity contribution in [1.29, 1.82) is 0 Å². The summed E-state index contributed by atoms with van der Waals surface area (Å²) in [5.41, 5.74) is 0.435. The van der Waals surface area contributed by atoms with Crippen molar-refractivity contribution in [3.05, 3.63) is 23.8 Å². The Labute approximate surface area is 149 Å². The van der Waals surface area contributed by atoms with E-state index in [-0.39, 0.29) is 24.0 Å². The van der Waals surface area contributed by atoms with Gasteiger partial charge in [-0.2, -0.15) is 0 Å². The third-order valence-corrected chi connectivity index (χ3v) is 5.42. The zero-order chi connectivity index (χ0) is 18.4. The smallest absolute Gasteiger partial charge is 0.309 e. The highest BCUT2D eigenvalue weighted by atomic mass is 16.5. The second-order valence-electron chi connectivity index (χ2n) is 7.87. The van der Waals surface area contributed by atoms with Gasteiger partial charge in [-0.15, -0.1) is 0 Å². The number of hydrogen-bond acceptors (Lipinski definition) is 4. The summed E-state index contributed by atoms with van der Waals surface area (Å²) in [5.74, 6) is 0.255. The maximum atomic E-state index is 11.8. The predicted octanol–water partition coefficient (Wildman–Crippen LogP) is 4.06. The second kappa shape index (κ2) is 6.52. The first-order chi connectivity index (χ1) is 11.8. The van der Waals surface area contributed by atoms with Crippen LogP contribution in [0.2, 0.25) is 0 Å². The summed E-state index contributed by atoms with van der Waals surface area (Å²) in [5, 5.41) is 9.69. The SMILES string of the molecule is CCOc1cccc2c1OC(C)(C)[C@@H]1C[C@@H](C(=O)O)[C@@H](C(C)C)O[C@@H]21. The maximum absolute atomic E-state index is 11.8. The summed E-state index contributed by atoms with van der Waals surface area (Å²) in [6, 6.07) is 5.85. The van der Waals surface area contributed by atoms with Crippen molar-refractivity contribution in [3.63, 3.8) is 0 Å². The van der Waals surface area contributed by atoms with E-state index in [1.807, 2.05) is 52.8 Å². The zero-order valence-electron chi connectivity index (χ0n) is 15.6. The summed E-state index contributed by atoms with van der Waals surface area (Å²) >= 11 is 0. The average molecular weight is 348 g/mol. The first-order valence-corrected chi connectivity index (χ1v) is 9.09. The molecule has 2 aliphatic heterocycles. The molecule has 1 saturated heterocycles. The Kier molecular flexibility index (Phi) is 4.71. The van der Waals surface area contributed by atoms with E-state index in [2.05, 4.69) is 0 Å². The molecule has 138 valence electrons. The van der Waals surface area contributed by atoms with E-state index in [9.17, 15) is 9.90 Å². The lowest BCUT2D eigenvalue weighted by Crippen LogP contribution is -2.53. The van der Waals surface area contributed by atoms with Gasteiger partial charge >= 0.3 is 5.97 Å². The van der Waals surface area contributed by atoms with E-state index in [4.69, 9.17) is 14.2 Å². The Balaban J connectivity index is 2.05. The Morgan fingerprint density at radius 3 is 2.72 bits per heavy atom. The van der Waals surface area contributed by atoms with Crippen LogP contribution in [-0.4, -0.2) is 29.4 Å². The zero-order valence-corrected chi connectivity index (χ0v) is 15.6. The van der Waals surface area contributed by atoms with E-state index in [1.165, 1.54) is 0 Å². The van der Waals surface area contributed by atoms with Crippen LogP contribution in [0, 0.1) is 17.8 Å². The Hall–Kier alpha value is -1.75. The predicted molar refractivity (Wildman–Crippen MR) is 94.0 cm³/mol. The van der Waals surface area contributed by atoms with Crippen LogP contribution in [0.3, 0.4) is 0 Å². The molecular weight excluding hydrogens is 320 g/mol. The highest BCUT2D eigenvalue weighted by Gasteiger charge is 2.53. The second-order valence-corrected chi connectivity index (χ2v) is 7.87. The summed E-state index contributed by atoms with van der Waals surface area (Å²) < 4.78 is 18.4. The van der Waals surface area contributed by atoms with Crippen molar-refractivity contribution < 1.29 is 24.1 Å². The largest absolute Gasteiger partial charge is 0.490 e. The van der Waals surface area contributed by atoms with Crippen molar-refractivity contribution in [2.75, 3.05) is 6.61 Å². The molecule has 5 nitrogen and oxygen atoms in total. The molecule has 0 saturated carbocycles. The fraction of sp³-hybridized carbons (Fsp3) is 0.650. The molecule has 1 aromatic carbocycles. The highest BCUT2D eigenvalue weighted by Crippen LogP contribution is 2.54. The number of rotatable bonds is 4. The lowest BCUT2D eigenvalue weighted by Gasteiger charge is -2.51. The number of fused-ring (bicyclic) bond motifs is 3. The van der Waals surface area contributed by atoms with E-state index in [0.29, 0.717) is 13.0 Å². The summed E-state index contributed by atoms with van der Waals surface area (Å²) in [6.07, 6.45) is 0.0622. The molecular formula is C20H28O5. The van der Waals surface area contributed by atoms with Gasteiger partial charge in [-0.25, -0.2) is 0 Å². The lowest BCUT2D eigenvalue weighted by molar-refractivity contribution is -0.196. The minimum absolute atomic E-state index is 0.0204. The molecule has 0 aliphatic carbocycles. The van der Waals surface area contributed by atoms with E-state index in [0.717, 1.165) is 17.1 Å². The molecule has 25 heavy (non-hydrogen) atoms. The summed E-state index contributed by atoms with van der Waals surface area (Å²) in [6.45, 7) is 10.6. The number of aliphatic carboxylic acids is 1. The van der Waals surface area contributed by atoms with Crippen molar-refractivity contribution in [1.82, 2.24) is 0 Å². The van der Waals surface area contributed by atoms with Crippen LogP contribution in [0.25, 0.3) is 0 Å². The molecule has 0 amide bonds. The molecule has 5 heteroatoms. The molecule has 0 aromatic heterocycles. The summed E-state index contributed by atoms with van der Waals surface area (Å²) in [7, 11) is 0. The van der Waals surface area contributed by atoms with Crippen molar-refractivity contribution in [3.8, 4) is 11.5 Å². The average Bonchev–Trinajstić information content (AvgIpc) is 2.54. The van der Waals surface area contributed by atoms with Crippen LogP contribution in [0.15, 0.2) is 18.2 Å². The van der Waals surface area contributed by atoms with Gasteiger partial charge in [0, 0.05) is 11.5 Å². The Morgan fingerprint density at radius 1 is 1.40 bits per heavy atom. The third-order valence-electron chi connectivity index (χ3n) is 5.42. The van der Waals surface area contributed by atoms with Gasteiger partial charge in [0.05, 0.1) is 24.7 Å². The third kappa shape index (κ3) is 3.10. The number of ether oxygens (including phenoxy) is 3. The standard InChI is InChI=1S/C20H28O5/c1-6-23-15-9-7-8-12-17-14(20(4,5)25-18(12)15)10-13(19(21)22)16(24-17)11(2)3/h7-9,11,13-14,16-17H,6,10H2,1-5H3,(H,21,22)/t13-,14-,16-,17+/m1/s1. The Morgan fingerprint density at radius 2 is 2.12 bits per heavy atom. The Bertz CT molecular complexity index is 651. The number of benzene rings is 1. The van der Waals surface area contributed by atoms with Crippen LogP contribution >= 0.6 is 0 Å². The van der Waals surface area contributed by atoms with Gasteiger partial charge in [-0.3, -0.25) is 4.79 Å². The maximum Gasteiger partial charge on any atom is 0.309 e. The quantitative estimate of drug-likeness (QED) is 0.889. The minimum Gasteiger partial charge on any atom is -0.490 e. The van der Waals surface area contributed by atoms with Gasteiger partial charge in [0.15, 0.2) is 11.5 Å². The van der Waals surface area contributed by atoms with Crippen LogP contribution in [0.5, 0.6) is 11.5 Å². The lowest BCUT2D eigenvalue weighted by atomic mass is 9.70. The normalized spacial score (nSPS) is 30.2. The van der Waals surface area contributed by atoms with Gasteiger partial charge in [-0.05, 0) is 39.2 Å². The molecule has 2 aliphatic rings. The molecule has 1 N–H and O–H groups in total. The fourth-order valence-electron chi connectivity index (χ4n) is 4.17. The molecule has 0 radical (unpaired) electrons. The highest BCUT2D eigenvalue weighted by molar-refractivity contribution is 5.71. The molecule has 4 atom stereocenters. The van der Waals surface area contributed by atoms with Gasteiger partial charge in [0.2, 0.25) is 0 Å². The van der Waals surface area contributed by atoms with Gasteiger partial charge < -0.3 is 19.3 Å².